The number of nitrogens with one attached hydrogen (secondary N) is 1. The number of H-pyrrole nitrogens is 1. The summed E-state index contributed by atoms with van der Waals surface area (Å²) in [6, 6.07) is 25.2. The molecular formula is C33H36N6O. The van der Waals surface area contributed by atoms with E-state index in [4.69, 9.17) is 0 Å². The van der Waals surface area contributed by atoms with Gasteiger partial charge in [-0.05, 0) is 57.0 Å². The van der Waals surface area contributed by atoms with E-state index in [9.17, 15) is 4.79 Å². The van der Waals surface area contributed by atoms with Crippen LogP contribution in [0.2, 0.25) is 0 Å². The van der Waals surface area contributed by atoms with Gasteiger partial charge in [0.1, 0.15) is 11.5 Å². The number of carbonyl (C=O) groups excluding carboxylic acids is 1. The standard InChI is InChI=1S/C33H36N6O/c1-5-6-12-31-34-21-29(30(40)20-33(2,3)4)39(31)22-23-13-15-25(16-14-23)28-19-26(24-10-8-7-9-11-24)17-18-27(28)32-35-37-38-36-32/h7-11,13-19,21H,5-6,12,20,22H2,1-4H3,(H,35,36,37,38). The number of imidazole rings is 1. The first-order valence-electron chi connectivity index (χ1n) is 13.9. The molecule has 204 valence electrons. The third-order valence-electron chi connectivity index (χ3n) is 6.99. The molecule has 0 aliphatic rings. The van der Waals surface area contributed by atoms with E-state index in [0.717, 1.165) is 58.5 Å². The zero-order valence-electron chi connectivity index (χ0n) is 23.7. The van der Waals surface area contributed by atoms with E-state index in [1.165, 1.54) is 0 Å². The Bertz CT molecular complexity index is 1560. The van der Waals surface area contributed by atoms with Gasteiger partial charge >= 0.3 is 0 Å². The highest BCUT2D eigenvalue weighted by Gasteiger charge is 2.22. The van der Waals surface area contributed by atoms with E-state index in [2.05, 4.69) is 112 Å². The predicted molar refractivity (Wildman–Crippen MR) is 159 cm³/mol. The highest BCUT2D eigenvalue weighted by molar-refractivity contribution is 5.95. The number of tetrazole rings is 1. The topological polar surface area (TPSA) is 89.4 Å². The van der Waals surface area contributed by atoms with E-state index < -0.39 is 0 Å². The van der Waals surface area contributed by atoms with Crippen LogP contribution in [0.15, 0.2) is 79.0 Å². The Morgan fingerprint density at radius 3 is 2.33 bits per heavy atom. The third kappa shape index (κ3) is 6.25. The monoisotopic (exact) mass is 532 g/mol. The lowest BCUT2D eigenvalue weighted by Gasteiger charge is -2.18. The summed E-state index contributed by atoms with van der Waals surface area (Å²) in [5.74, 6) is 1.67. The summed E-state index contributed by atoms with van der Waals surface area (Å²) >= 11 is 0. The number of unbranched alkanes of at least 4 members (excludes halogenated alkanes) is 1. The molecule has 0 radical (unpaired) electrons. The fourth-order valence-electron chi connectivity index (χ4n) is 4.96. The minimum Gasteiger partial charge on any atom is -0.321 e. The molecule has 0 aliphatic carbocycles. The largest absolute Gasteiger partial charge is 0.321 e. The fourth-order valence-corrected chi connectivity index (χ4v) is 4.96. The first-order chi connectivity index (χ1) is 19.3. The summed E-state index contributed by atoms with van der Waals surface area (Å²) in [5.41, 5.74) is 6.99. The van der Waals surface area contributed by atoms with Crippen molar-refractivity contribution in [2.75, 3.05) is 0 Å². The number of ketones is 1. The van der Waals surface area contributed by atoms with Gasteiger partial charge in [-0.1, -0.05) is 94.8 Å². The Labute approximate surface area is 235 Å². The van der Waals surface area contributed by atoms with Gasteiger partial charge in [-0.2, -0.15) is 5.21 Å². The van der Waals surface area contributed by atoms with E-state index in [1.54, 1.807) is 6.20 Å². The lowest BCUT2D eigenvalue weighted by molar-refractivity contribution is 0.0930. The number of aromatic nitrogens is 6. The molecule has 0 atom stereocenters. The van der Waals surface area contributed by atoms with Crippen molar-refractivity contribution < 1.29 is 4.79 Å². The highest BCUT2D eigenvalue weighted by atomic mass is 16.1. The molecule has 0 saturated carbocycles. The second-order valence-corrected chi connectivity index (χ2v) is 11.5. The smallest absolute Gasteiger partial charge is 0.205 e. The number of Topliss-reactive ketones (excluding diaryl/α,β-unsaturated/α-hetero) is 1. The van der Waals surface area contributed by atoms with Crippen molar-refractivity contribution in [1.82, 2.24) is 30.2 Å². The molecule has 0 amide bonds. The molecule has 5 aromatic rings. The summed E-state index contributed by atoms with van der Waals surface area (Å²) in [4.78, 5) is 17.9. The molecule has 0 unspecified atom stereocenters. The minimum atomic E-state index is -0.0812. The summed E-state index contributed by atoms with van der Waals surface area (Å²) in [5, 5.41) is 14.8. The summed E-state index contributed by atoms with van der Waals surface area (Å²) < 4.78 is 2.11. The molecule has 2 aromatic heterocycles. The van der Waals surface area contributed by atoms with E-state index in [1.807, 2.05) is 18.2 Å². The molecule has 5 rings (SSSR count). The fraction of sp³-hybridized carbons (Fsp3) is 0.303. The summed E-state index contributed by atoms with van der Waals surface area (Å²) in [6.45, 7) is 9.06. The maximum Gasteiger partial charge on any atom is 0.205 e. The van der Waals surface area contributed by atoms with Crippen LogP contribution in [0, 0.1) is 5.41 Å². The van der Waals surface area contributed by atoms with Gasteiger partial charge in [0.05, 0.1) is 6.20 Å². The minimum absolute atomic E-state index is 0.0812. The zero-order valence-corrected chi connectivity index (χ0v) is 23.7. The van der Waals surface area contributed by atoms with Gasteiger partial charge < -0.3 is 4.57 Å². The van der Waals surface area contributed by atoms with Crippen molar-refractivity contribution in [3.8, 4) is 33.6 Å². The van der Waals surface area contributed by atoms with E-state index in [0.29, 0.717) is 24.5 Å². The van der Waals surface area contributed by atoms with Crippen LogP contribution in [0.5, 0.6) is 0 Å². The molecular weight excluding hydrogens is 496 g/mol. The molecule has 0 fully saturated rings. The number of aromatic amines is 1. The molecule has 1 N–H and O–H groups in total. The summed E-state index contributed by atoms with van der Waals surface area (Å²) in [6.07, 6.45) is 5.23. The van der Waals surface area contributed by atoms with Crippen molar-refractivity contribution in [3.05, 3.63) is 96.1 Å². The highest BCUT2D eigenvalue weighted by Crippen LogP contribution is 2.34. The van der Waals surface area contributed by atoms with Gasteiger partial charge in [0.25, 0.3) is 0 Å². The second kappa shape index (κ2) is 11.8. The molecule has 7 nitrogen and oxygen atoms in total. The Hall–Kier alpha value is -4.39. The van der Waals surface area contributed by atoms with Gasteiger partial charge in [-0.25, -0.2) is 4.98 Å². The van der Waals surface area contributed by atoms with Crippen LogP contribution in [0.1, 0.15) is 68.8 Å². The van der Waals surface area contributed by atoms with Gasteiger partial charge in [0, 0.05) is 24.9 Å². The average Bonchev–Trinajstić information content (AvgIpc) is 3.62. The number of aryl methyl sites for hydroxylation is 1. The van der Waals surface area contributed by atoms with Crippen LogP contribution in [0.25, 0.3) is 33.6 Å². The van der Waals surface area contributed by atoms with Crippen LogP contribution < -0.4 is 0 Å². The lowest BCUT2D eigenvalue weighted by Crippen LogP contribution is -2.18. The van der Waals surface area contributed by atoms with Crippen LogP contribution in [0.4, 0.5) is 0 Å². The SMILES string of the molecule is CCCCc1ncc(C(=O)CC(C)(C)C)n1Cc1ccc(-c2cc(-c3ccccc3)ccc2-c2nn[nH]n2)cc1. The van der Waals surface area contributed by atoms with Crippen LogP contribution >= 0.6 is 0 Å². The molecule has 0 bridgehead atoms. The Morgan fingerprint density at radius 1 is 0.900 bits per heavy atom. The molecule has 3 aromatic carbocycles. The molecule has 0 saturated heterocycles. The van der Waals surface area contributed by atoms with Gasteiger partial charge in [0.2, 0.25) is 5.82 Å². The predicted octanol–water partition coefficient (Wildman–Crippen LogP) is 7.41. The van der Waals surface area contributed by atoms with Crippen molar-refractivity contribution in [3.63, 3.8) is 0 Å². The van der Waals surface area contributed by atoms with Crippen LogP contribution in [-0.4, -0.2) is 36.0 Å². The summed E-state index contributed by atoms with van der Waals surface area (Å²) in [7, 11) is 0. The Balaban J connectivity index is 1.48. The maximum atomic E-state index is 13.2. The van der Waals surface area contributed by atoms with E-state index in [-0.39, 0.29) is 11.2 Å². The van der Waals surface area contributed by atoms with Gasteiger partial charge in [-0.3, -0.25) is 4.79 Å². The Kier molecular flexibility index (Phi) is 8.01. The first-order valence-corrected chi connectivity index (χ1v) is 13.9. The molecule has 2 heterocycles. The van der Waals surface area contributed by atoms with E-state index >= 15 is 0 Å². The van der Waals surface area contributed by atoms with Crippen molar-refractivity contribution >= 4 is 5.78 Å². The lowest BCUT2D eigenvalue weighted by atomic mass is 9.89. The van der Waals surface area contributed by atoms with Gasteiger partial charge in [0.15, 0.2) is 5.78 Å². The van der Waals surface area contributed by atoms with Crippen LogP contribution in [0.3, 0.4) is 0 Å². The van der Waals surface area contributed by atoms with Crippen LogP contribution in [-0.2, 0) is 13.0 Å². The number of hydrogen-bond donors (Lipinski definition) is 1. The zero-order chi connectivity index (χ0) is 28.1. The number of rotatable bonds is 10. The van der Waals surface area contributed by atoms with Gasteiger partial charge in [-0.15, -0.1) is 10.2 Å². The maximum absolute atomic E-state index is 13.2. The molecule has 0 spiro atoms. The first kappa shape index (κ1) is 27.2. The number of hydrogen-bond acceptors (Lipinski definition) is 5. The average molecular weight is 533 g/mol. The van der Waals surface area contributed by atoms with Crippen molar-refractivity contribution in [1.29, 1.82) is 0 Å². The molecule has 7 heteroatoms. The third-order valence-corrected chi connectivity index (χ3v) is 6.99. The second-order valence-electron chi connectivity index (χ2n) is 11.5. The number of carbonyl (C=O) groups is 1. The van der Waals surface area contributed by atoms with Crippen molar-refractivity contribution in [2.24, 2.45) is 5.41 Å². The Morgan fingerprint density at radius 2 is 1.65 bits per heavy atom. The molecule has 40 heavy (non-hydrogen) atoms. The number of benzene rings is 3. The molecule has 0 aliphatic heterocycles. The quantitative estimate of drug-likeness (QED) is 0.189. The normalized spacial score (nSPS) is 11.6. The number of nitrogens with zero attached hydrogens (tertiary/aromatic N) is 5. The van der Waals surface area contributed by atoms with Crippen molar-refractivity contribution in [2.45, 2.75) is 59.9 Å².